The van der Waals surface area contributed by atoms with Crippen LogP contribution in [0, 0.1) is 0 Å². The SMILES string of the molecule is Cl.Cl.FC(F)(F)c1ccc2nnc(C3CCCNC3)n2c1. The Kier molecular flexibility index (Phi) is 5.83. The van der Waals surface area contributed by atoms with Crippen molar-refractivity contribution in [1.82, 2.24) is 19.9 Å². The number of halogens is 5. The zero-order chi connectivity index (χ0) is 13.5. The fraction of sp³-hybridized carbons (Fsp3) is 0.500. The summed E-state index contributed by atoms with van der Waals surface area (Å²) < 4.78 is 39.6. The fourth-order valence-corrected chi connectivity index (χ4v) is 2.43. The van der Waals surface area contributed by atoms with Gasteiger partial charge in [-0.05, 0) is 31.5 Å². The van der Waals surface area contributed by atoms with Crippen LogP contribution in [0.2, 0.25) is 0 Å². The zero-order valence-electron chi connectivity index (χ0n) is 10.9. The Bertz CT molecular complexity index is 594. The van der Waals surface area contributed by atoms with Crippen LogP contribution < -0.4 is 5.32 Å². The molecule has 1 aliphatic heterocycles. The summed E-state index contributed by atoms with van der Waals surface area (Å²) in [6, 6.07) is 2.39. The summed E-state index contributed by atoms with van der Waals surface area (Å²) >= 11 is 0. The van der Waals surface area contributed by atoms with Gasteiger partial charge < -0.3 is 5.32 Å². The van der Waals surface area contributed by atoms with Gasteiger partial charge in [-0.1, -0.05) is 0 Å². The number of fused-ring (bicyclic) bond motifs is 1. The van der Waals surface area contributed by atoms with E-state index in [-0.39, 0.29) is 30.7 Å². The number of rotatable bonds is 1. The van der Waals surface area contributed by atoms with E-state index >= 15 is 0 Å². The number of hydrogen-bond donors (Lipinski definition) is 1. The largest absolute Gasteiger partial charge is 0.417 e. The molecule has 0 aliphatic carbocycles. The molecule has 0 spiro atoms. The van der Waals surface area contributed by atoms with E-state index in [0.717, 1.165) is 38.2 Å². The van der Waals surface area contributed by atoms with Crippen LogP contribution in [0.5, 0.6) is 0 Å². The van der Waals surface area contributed by atoms with Gasteiger partial charge in [-0.15, -0.1) is 35.0 Å². The van der Waals surface area contributed by atoms with Gasteiger partial charge in [0.25, 0.3) is 0 Å². The van der Waals surface area contributed by atoms with Crippen molar-refractivity contribution >= 4 is 30.5 Å². The second-order valence-corrected chi connectivity index (χ2v) is 4.75. The molecule has 4 nitrogen and oxygen atoms in total. The van der Waals surface area contributed by atoms with Crippen molar-refractivity contribution in [2.45, 2.75) is 24.9 Å². The molecular formula is C12H15Cl2F3N4. The number of hydrogen-bond acceptors (Lipinski definition) is 3. The van der Waals surface area contributed by atoms with Gasteiger partial charge in [-0.2, -0.15) is 13.2 Å². The van der Waals surface area contributed by atoms with Gasteiger partial charge in [0.2, 0.25) is 0 Å². The third-order valence-corrected chi connectivity index (χ3v) is 3.42. The second kappa shape index (κ2) is 6.81. The first-order valence-corrected chi connectivity index (χ1v) is 6.18. The average molecular weight is 343 g/mol. The predicted octanol–water partition coefficient (Wildman–Crippen LogP) is 3.06. The Hall–Kier alpha value is -1.05. The minimum atomic E-state index is -4.35. The lowest BCUT2D eigenvalue weighted by molar-refractivity contribution is -0.137. The van der Waals surface area contributed by atoms with Crippen molar-refractivity contribution in [3.05, 3.63) is 29.7 Å². The van der Waals surface area contributed by atoms with E-state index in [1.807, 2.05) is 0 Å². The topological polar surface area (TPSA) is 42.2 Å². The Labute approximate surface area is 131 Å². The number of nitrogens with one attached hydrogen (secondary N) is 1. The number of nitrogens with zero attached hydrogens (tertiary/aromatic N) is 3. The summed E-state index contributed by atoms with van der Waals surface area (Å²) in [5.41, 5.74) is -0.224. The van der Waals surface area contributed by atoms with Gasteiger partial charge in [0.05, 0.1) is 5.56 Å². The summed E-state index contributed by atoms with van der Waals surface area (Å²) in [5.74, 6) is 0.723. The van der Waals surface area contributed by atoms with Crippen LogP contribution in [-0.4, -0.2) is 27.7 Å². The molecule has 0 bridgehead atoms. The molecule has 1 N–H and O–H groups in total. The molecule has 0 amide bonds. The molecule has 9 heteroatoms. The number of piperidine rings is 1. The molecule has 118 valence electrons. The van der Waals surface area contributed by atoms with Crippen molar-refractivity contribution in [3.8, 4) is 0 Å². The van der Waals surface area contributed by atoms with Crippen molar-refractivity contribution < 1.29 is 13.2 Å². The van der Waals surface area contributed by atoms with E-state index < -0.39 is 11.7 Å². The van der Waals surface area contributed by atoms with Gasteiger partial charge in [-0.3, -0.25) is 4.40 Å². The molecule has 21 heavy (non-hydrogen) atoms. The van der Waals surface area contributed by atoms with Crippen molar-refractivity contribution in [1.29, 1.82) is 0 Å². The molecule has 0 saturated carbocycles. The highest BCUT2D eigenvalue weighted by molar-refractivity contribution is 5.85. The monoisotopic (exact) mass is 342 g/mol. The smallest absolute Gasteiger partial charge is 0.316 e. The maximum Gasteiger partial charge on any atom is 0.417 e. The molecule has 1 fully saturated rings. The fourth-order valence-electron chi connectivity index (χ4n) is 2.43. The van der Waals surface area contributed by atoms with E-state index in [1.165, 1.54) is 10.5 Å². The Balaban J connectivity index is 0.00000110. The van der Waals surface area contributed by atoms with Crippen molar-refractivity contribution in [2.24, 2.45) is 0 Å². The Morgan fingerprint density at radius 2 is 1.95 bits per heavy atom. The lowest BCUT2D eigenvalue weighted by Gasteiger charge is -2.21. The summed E-state index contributed by atoms with van der Waals surface area (Å²) in [6.45, 7) is 1.68. The molecule has 2 aromatic rings. The zero-order valence-corrected chi connectivity index (χ0v) is 12.6. The number of aromatic nitrogens is 3. The van der Waals surface area contributed by atoms with Gasteiger partial charge in [0, 0.05) is 18.7 Å². The molecule has 1 unspecified atom stereocenters. The van der Waals surface area contributed by atoms with E-state index in [9.17, 15) is 13.2 Å². The molecule has 0 aromatic carbocycles. The summed E-state index contributed by atoms with van der Waals surface area (Å²) in [7, 11) is 0. The molecular weight excluding hydrogens is 328 g/mol. The average Bonchev–Trinajstić information content (AvgIpc) is 2.81. The number of alkyl halides is 3. The van der Waals surface area contributed by atoms with E-state index in [2.05, 4.69) is 15.5 Å². The Morgan fingerprint density at radius 3 is 2.57 bits per heavy atom. The summed E-state index contributed by atoms with van der Waals surface area (Å²) in [5, 5.41) is 11.2. The molecule has 3 heterocycles. The van der Waals surface area contributed by atoms with E-state index in [1.54, 1.807) is 0 Å². The minimum Gasteiger partial charge on any atom is -0.316 e. The molecule has 1 saturated heterocycles. The third kappa shape index (κ3) is 3.59. The first-order valence-electron chi connectivity index (χ1n) is 6.18. The van der Waals surface area contributed by atoms with Gasteiger partial charge in [0.15, 0.2) is 5.65 Å². The predicted molar refractivity (Wildman–Crippen MR) is 77.3 cm³/mol. The first-order chi connectivity index (χ1) is 9.05. The van der Waals surface area contributed by atoms with Crippen LogP contribution in [-0.2, 0) is 6.18 Å². The maximum atomic E-state index is 12.7. The van der Waals surface area contributed by atoms with Crippen LogP contribution >= 0.6 is 24.8 Å². The minimum absolute atomic E-state index is 0. The van der Waals surface area contributed by atoms with Crippen molar-refractivity contribution in [2.75, 3.05) is 13.1 Å². The van der Waals surface area contributed by atoms with Crippen LogP contribution in [0.15, 0.2) is 18.3 Å². The standard InChI is InChI=1S/C12H13F3N4.2ClH/c13-12(14,15)9-3-4-10-17-18-11(19(10)7-9)8-2-1-5-16-6-8;;/h3-4,7-8,16H,1-2,5-6H2;2*1H. The van der Waals surface area contributed by atoms with E-state index in [4.69, 9.17) is 0 Å². The van der Waals surface area contributed by atoms with Crippen LogP contribution in [0.3, 0.4) is 0 Å². The quantitative estimate of drug-likeness (QED) is 0.865. The normalized spacial score (nSPS) is 18.9. The maximum absolute atomic E-state index is 12.7. The molecule has 3 rings (SSSR count). The summed E-state index contributed by atoms with van der Waals surface area (Å²) in [4.78, 5) is 0. The number of pyridine rings is 1. The molecule has 0 radical (unpaired) electrons. The highest BCUT2D eigenvalue weighted by atomic mass is 35.5. The Morgan fingerprint density at radius 1 is 1.19 bits per heavy atom. The first kappa shape index (κ1) is 18.0. The highest BCUT2D eigenvalue weighted by Crippen LogP contribution is 2.30. The van der Waals surface area contributed by atoms with Crippen LogP contribution in [0.4, 0.5) is 13.2 Å². The van der Waals surface area contributed by atoms with Crippen LogP contribution in [0.1, 0.15) is 30.1 Å². The van der Waals surface area contributed by atoms with Gasteiger partial charge in [-0.25, -0.2) is 0 Å². The van der Waals surface area contributed by atoms with Gasteiger partial charge >= 0.3 is 6.18 Å². The second-order valence-electron chi connectivity index (χ2n) is 4.75. The van der Waals surface area contributed by atoms with E-state index in [0.29, 0.717) is 11.5 Å². The lowest BCUT2D eigenvalue weighted by atomic mass is 9.99. The third-order valence-electron chi connectivity index (χ3n) is 3.42. The van der Waals surface area contributed by atoms with Crippen molar-refractivity contribution in [3.63, 3.8) is 0 Å². The highest BCUT2D eigenvalue weighted by Gasteiger charge is 2.31. The summed E-state index contributed by atoms with van der Waals surface area (Å²) in [6.07, 6.45) is -1.34. The molecule has 1 aliphatic rings. The molecule has 2 aromatic heterocycles. The van der Waals surface area contributed by atoms with Crippen LogP contribution in [0.25, 0.3) is 5.65 Å². The lowest BCUT2D eigenvalue weighted by Crippen LogP contribution is -2.29. The van der Waals surface area contributed by atoms with Gasteiger partial charge in [0.1, 0.15) is 5.82 Å². The molecule has 1 atom stereocenters.